The van der Waals surface area contributed by atoms with E-state index in [9.17, 15) is 0 Å². The van der Waals surface area contributed by atoms with Crippen molar-refractivity contribution in [1.82, 2.24) is 20.6 Å². The minimum atomic E-state index is 0. The number of tetrazole rings is 1. The Morgan fingerprint density at radius 2 is 2.14 bits per heavy atom. The van der Waals surface area contributed by atoms with Crippen LogP contribution in [0.5, 0.6) is 0 Å². The third kappa shape index (κ3) is 3.95. The van der Waals surface area contributed by atoms with Crippen molar-refractivity contribution in [2.45, 2.75) is 0 Å². The van der Waals surface area contributed by atoms with Crippen LogP contribution in [0.1, 0.15) is 0 Å². The van der Waals surface area contributed by atoms with Gasteiger partial charge in [-0.3, -0.25) is 0 Å². The summed E-state index contributed by atoms with van der Waals surface area (Å²) in [5, 5.41) is 12.2. The van der Waals surface area contributed by atoms with Gasteiger partial charge in [-0.05, 0) is 0 Å². The van der Waals surface area contributed by atoms with E-state index in [0.29, 0.717) is 0 Å². The predicted molar refractivity (Wildman–Crippen MR) is 14.2 cm³/mol. The number of hydrogen-bond donors (Lipinski definition) is 1. The Bertz CT molecular complexity index is 68.2. The van der Waals surface area contributed by atoms with Crippen molar-refractivity contribution < 1.29 is 34.1 Å². The molecule has 45 valence electrons. The molecule has 0 spiro atoms. The van der Waals surface area contributed by atoms with Crippen LogP contribution in [0, 0.1) is 0 Å². The van der Waals surface area contributed by atoms with E-state index in [2.05, 4.69) is 20.6 Å². The second-order valence-electron chi connectivity index (χ2n) is 0.560. The minimum Gasteiger partial charge on any atom is -0.177 e. The first kappa shape index (κ1) is 10.2. The normalized spacial score (nSPS) is 5.71. The predicted octanol–water partition coefficient (Wildman–Crippen LogP) is -0.805. The molecule has 0 fully saturated rings. The molecule has 1 radical (unpaired) electrons. The van der Waals surface area contributed by atoms with Crippen LogP contribution in [-0.4, -0.2) is 20.6 Å². The number of rotatable bonds is 0. The molecule has 0 aliphatic rings. The molecule has 0 aliphatic carbocycles. The first-order chi connectivity index (χ1) is 2.50. The van der Waals surface area contributed by atoms with E-state index in [0.717, 1.165) is 0 Å². The van der Waals surface area contributed by atoms with Crippen molar-refractivity contribution in [2.24, 2.45) is 0 Å². The topological polar surface area (TPSA) is 54.5 Å². The Morgan fingerprint density at radius 3 is 2.29 bits per heavy atom. The van der Waals surface area contributed by atoms with Crippen LogP contribution in [-0.2, 0) is 34.1 Å². The Kier molecular flexibility index (Phi) is 8.87. The third-order valence-electron chi connectivity index (χ3n) is 0.270. The fraction of sp³-hybridized carbons (Fsp3) is 0. The van der Waals surface area contributed by atoms with Gasteiger partial charge in [0.05, 0.1) is 0 Å². The zero-order chi connectivity index (χ0) is 3.54. The molecule has 0 saturated carbocycles. The van der Waals surface area contributed by atoms with Crippen molar-refractivity contribution in [2.75, 3.05) is 0 Å². The van der Waals surface area contributed by atoms with Crippen LogP contribution >= 0.6 is 0 Å². The average molecular weight is 189 g/mol. The SMILES string of the molecule is [Cu].[Fe].c1nn[nH]n1. The number of aromatic amines is 1. The number of hydrogen-bond acceptors (Lipinski definition) is 3. The number of H-pyrrole nitrogens is 1. The molecule has 0 bridgehead atoms. The quantitative estimate of drug-likeness (QED) is 0.544. The average Bonchev–Trinajstić information content (AvgIpc) is 1.76. The van der Waals surface area contributed by atoms with Gasteiger partial charge in [-0.25, -0.2) is 0 Å². The van der Waals surface area contributed by atoms with Gasteiger partial charge in [0.1, 0.15) is 0 Å². The Hall–Kier alpha value is 0.109. The maximum Gasteiger partial charge on any atom is 0.161 e. The van der Waals surface area contributed by atoms with Gasteiger partial charge in [0, 0.05) is 34.1 Å². The second kappa shape index (κ2) is 6.11. The van der Waals surface area contributed by atoms with Crippen LogP contribution in [0.25, 0.3) is 0 Å². The molecule has 1 heterocycles. The van der Waals surface area contributed by atoms with E-state index in [1.807, 2.05) is 0 Å². The summed E-state index contributed by atoms with van der Waals surface area (Å²) in [4.78, 5) is 0. The fourth-order valence-electron chi connectivity index (χ4n) is 0.129. The summed E-state index contributed by atoms with van der Waals surface area (Å²) in [6.45, 7) is 0. The Balaban J connectivity index is 0. The van der Waals surface area contributed by atoms with Gasteiger partial charge in [0.15, 0.2) is 6.33 Å². The number of nitrogens with zero attached hydrogens (tertiary/aromatic N) is 3. The first-order valence-electron chi connectivity index (χ1n) is 1.16. The van der Waals surface area contributed by atoms with Crippen LogP contribution in [0.3, 0.4) is 0 Å². The molecular formula is CH2CuFeN4. The molecule has 0 amide bonds. The molecule has 1 rings (SSSR count). The minimum absolute atomic E-state index is 0. The summed E-state index contributed by atoms with van der Waals surface area (Å²) in [6.07, 6.45) is 1.33. The van der Waals surface area contributed by atoms with E-state index >= 15 is 0 Å². The number of aromatic nitrogens is 4. The third-order valence-corrected chi connectivity index (χ3v) is 0.270. The summed E-state index contributed by atoms with van der Waals surface area (Å²) in [7, 11) is 0. The van der Waals surface area contributed by atoms with Crippen LogP contribution in [0.2, 0.25) is 0 Å². The Morgan fingerprint density at radius 1 is 1.43 bits per heavy atom. The molecule has 7 heavy (non-hydrogen) atoms. The van der Waals surface area contributed by atoms with Crippen LogP contribution in [0.4, 0.5) is 0 Å². The molecule has 1 aromatic rings. The maximum absolute atomic E-state index is 3.38. The molecule has 0 unspecified atom stereocenters. The largest absolute Gasteiger partial charge is 0.177 e. The molecule has 1 aromatic heterocycles. The molecule has 6 heteroatoms. The molecule has 0 aliphatic heterocycles. The van der Waals surface area contributed by atoms with Crippen molar-refractivity contribution in [1.29, 1.82) is 0 Å². The first-order valence-corrected chi connectivity index (χ1v) is 1.16. The van der Waals surface area contributed by atoms with E-state index in [1.165, 1.54) is 6.33 Å². The summed E-state index contributed by atoms with van der Waals surface area (Å²) in [5.41, 5.74) is 0. The monoisotopic (exact) mass is 189 g/mol. The molecule has 0 atom stereocenters. The second-order valence-corrected chi connectivity index (χ2v) is 0.560. The van der Waals surface area contributed by atoms with Gasteiger partial charge in [0.25, 0.3) is 0 Å². The van der Waals surface area contributed by atoms with Gasteiger partial charge < -0.3 is 0 Å². The molecule has 1 N–H and O–H groups in total. The Labute approximate surface area is 61.4 Å². The summed E-state index contributed by atoms with van der Waals surface area (Å²) < 4.78 is 0. The van der Waals surface area contributed by atoms with Gasteiger partial charge in [0.2, 0.25) is 0 Å². The zero-order valence-electron chi connectivity index (χ0n) is 3.07. The fourth-order valence-corrected chi connectivity index (χ4v) is 0.129. The summed E-state index contributed by atoms with van der Waals surface area (Å²) >= 11 is 0. The maximum atomic E-state index is 3.38. The van der Waals surface area contributed by atoms with E-state index < -0.39 is 0 Å². The van der Waals surface area contributed by atoms with E-state index in [-0.39, 0.29) is 34.1 Å². The number of nitrogens with one attached hydrogen (secondary N) is 1. The van der Waals surface area contributed by atoms with Gasteiger partial charge in [-0.2, -0.15) is 5.21 Å². The van der Waals surface area contributed by atoms with Crippen LogP contribution in [0.15, 0.2) is 6.33 Å². The molecular weight excluding hydrogens is 187 g/mol. The van der Waals surface area contributed by atoms with Crippen molar-refractivity contribution in [3.05, 3.63) is 6.33 Å². The van der Waals surface area contributed by atoms with E-state index in [1.54, 1.807) is 0 Å². The van der Waals surface area contributed by atoms with Crippen LogP contribution < -0.4 is 0 Å². The van der Waals surface area contributed by atoms with E-state index in [4.69, 9.17) is 0 Å². The van der Waals surface area contributed by atoms with Crippen molar-refractivity contribution in [3.63, 3.8) is 0 Å². The summed E-state index contributed by atoms with van der Waals surface area (Å²) in [6, 6.07) is 0. The van der Waals surface area contributed by atoms with Gasteiger partial charge >= 0.3 is 0 Å². The van der Waals surface area contributed by atoms with Gasteiger partial charge in [-0.15, -0.1) is 10.2 Å². The molecule has 4 nitrogen and oxygen atoms in total. The standard InChI is InChI=1S/CH2N4.Cu.Fe/c1-2-4-5-3-1;;/h1H,(H,2,3,4,5);;. The summed E-state index contributed by atoms with van der Waals surface area (Å²) in [5.74, 6) is 0. The smallest absolute Gasteiger partial charge is 0.161 e. The van der Waals surface area contributed by atoms with Gasteiger partial charge in [-0.1, -0.05) is 5.21 Å². The van der Waals surface area contributed by atoms with Crippen molar-refractivity contribution in [3.8, 4) is 0 Å². The molecule has 0 aromatic carbocycles. The van der Waals surface area contributed by atoms with Crippen molar-refractivity contribution >= 4 is 0 Å². The zero-order valence-corrected chi connectivity index (χ0v) is 5.12. The molecule has 0 saturated heterocycles.